The molecule has 3 nitrogen and oxygen atoms in total. The van der Waals surface area contributed by atoms with E-state index in [1.807, 2.05) is 0 Å². The van der Waals surface area contributed by atoms with Crippen LogP contribution in [0.15, 0.2) is 11.6 Å². The lowest BCUT2D eigenvalue weighted by Crippen LogP contribution is -2.68. The number of fused-ring (bicyclic) bond motifs is 7. The minimum absolute atomic E-state index is 0.00665. The third kappa shape index (κ3) is 3.01. The first-order valence-electron chi connectivity index (χ1n) is 14.2. The van der Waals surface area contributed by atoms with Gasteiger partial charge in [-0.1, -0.05) is 69.1 Å². The first kappa shape index (κ1) is 26.0. The molecule has 4 fully saturated rings. The molecule has 2 unspecified atom stereocenters. The highest BCUT2D eigenvalue weighted by Crippen LogP contribution is 2.75. The van der Waals surface area contributed by atoms with Crippen LogP contribution in [0.4, 0.5) is 0 Å². The first-order valence-corrected chi connectivity index (χ1v) is 15.1. The van der Waals surface area contributed by atoms with Crippen molar-refractivity contribution in [3.8, 4) is 0 Å². The number of carbonyl (C=O) groups is 2. The summed E-state index contributed by atoms with van der Waals surface area (Å²) in [5.74, 6) is 2.59. The van der Waals surface area contributed by atoms with E-state index in [4.69, 9.17) is 4.74 Å². The van der Waals surface area contributed by atoms with Crippen LogP contribution in [0.2, 0.25) is 0 Å². The fourth-order valence-electron chi connectivity index (χ4n) is 10.7. The van der Waals surface area contributed by atoms with Crippen LogP contribution in [-0.4, -0.2) is 23.7 Å². The van der Waals surface area contributed by atoms with Crippen LogP contribution >= 0.6 is 15.9 Å². The van der Waals surface area contributed by atoms with E-state index < -0.39 is 10.8 Å². The van der Waals surface area contributed by atoms with Gasteiger partial charge in [0.15, 0.2) is 0 Å². The van der Waals surface area contributed by atoms with E-state index in [1.54, 1.807) is 5.57 Å². The van der Waals surface area contributed by atoms with E-state index in [0.717, 1.165) is 25.2 Å². The van der Waals surface area contributed by atoms with Crippen LogP contribution in [0.1, 0.15) is 99.8 Å². The molecule has 0 saturated heterocycles. The van der Waals surface area contributed by atoms with Gasteiger partial charge in [-0.3, -0.25) is 9.59 Å². The number of halogens is 1. The Bertz CT molecular complexity index is 972. The van der Waals surface area contributed by atoms with Gasteiger partial charge in [-0.05, 0) is 97.7 Å². The van der Waals surface area contributed by atoms with Gasteiger partial charge in [0.1, 0.15) is 5.78 Å². The predicted molar refractivity (Wildman–Crippen MR) is 144 cm³/mol. The number of esters is 1. The summed E-state index contributed by atoms with van der Waals surface area (Å²) in [4.78, 5) is 27.0. The molecule has 0 aliphatic heterocycles. The van der Waals surface area contributed by atoms with Gasteiger partial charge in [0.25, 0.3) is 0 Å². The quantitative estimate of drug-likeness (QED) is 0.191. The van der Waals surface area contributed by atoms with Gasteiger partial charge in [-0.15, -0.1) is 0 Å². The molecule has 0 radical (unpaired) electrons. The highest BCUT2D eigenvalue weighted by atomic mass is 79.9. The Labute approximate surface area is 221 Å². The second-order valence-electron chi connectivity index (χ2n) is 14.4. The summed E-state index contributed by atoms with van der Waals surface area (Å²) >= 11 is 3.77. The summed E-state index contributed by atoms with van der Waals surface area (Å²) in [6, 6.07) is 0. The summed E-state index contributed by atoms with van der Waals surface area (Å²) in [5, 5.41) is 0. The average Bonchev–Trinajstić information content (AvgIpc) is 2.81. The number of Topliss-reactive ketones (excluding diaryl/α,β-unsaturated/α-hetero) is 1. The number of rotatable bonds is 1. The second kappa shape index (κ2) is 7.93. The Balaban J connectivity index is 1.62. The predicted octanol–water partition coefficient (Wildman–Crippen LogP) is 7.76. The summed E-state index contributed by atoms with van der Waals surface area (Å²) in [6.07, 6.45) is 11.2. The summed E-state index contributed by atoms with van der Waals surface area (Å²) in [7, 11) is 1.50. The van der Waals surface area contributed by atoms with Crippen molar-refractivity contribution >= 4 is 27.7 Å². The lowest BCUT2D eigenvalue weighted by Gasteiger charge is -2.70. The molecule has 5 rings (SSSR count). The van der Waals surface area contributed by atoms with Crippen LogP contribution in [0.5, 0.6) is 0 Å². The third-order valence-corrected chi connectivity index (χ3v) is 14.8. The van der Waals surface area contributed by atoms with Gasteiger partial charge < -0.3 is 4.74 Å². The number of alkyl halides is 1. The molecule has 0 amide bonds. The molecule has 11 atom stereocenters. The fourth-order valence-corrected chi connectivity index (χ4v) is 11.5. The zero-order valence-electron chi connectivity index (χ0n) is 23.3. The topological polar surface area (TPSA) is 43.4 Å². The molecule has 0 aromatic rings. The summed E-state index contributed by atoms with van der Waals surface area (Å²) in [5.41, 5.74) is 1.14. The Morgan fingerprint density at radius 2 is 1.69 bits per heavy atom. The number of hydrogen-bond donors (Lipinski definition) is 0. The monoisotopic (exact) mass is 546 g/mol. The lowest BCUT2D eigenvalue weighted by atomic mass is 9.33. The van der Waals surface area contributed by atoms with Gasteiger partial charge in [-0.25, -0.2) is 0 Å². The molecule has 0 spiro atoms. The minimum atomic E-state index is -0.678. The highest BCUT2D eigenvalue weighted by Gasteiger charge is 2.72. The largest absolute Gasteiger partial charge is 0.469 e. The average molecular weight is 548 g/mol. The molecule has 0 heterocycles. The molecule has 5 aliphatic carbocycles. The van der Waals surface area contributed by atoms with Crippen molar-refractivity contribution in [3.05, 3.63) is 11.6 Å². The van der Waals surface area contributed by atoms with Crippen molar-refractivity contribution in [1.82, 2.24) is 0 Å². The minimum Gasteiger partial charge on any atom is -0.469 e. The van der Waals surface area contributed by atoms with Crippen LogP contribution in [0.25, 0.3) is 0 Å². The molecule has 0 aromatic heterocycles. The van der Waals surface area contributed by atoms with E-state index in [-0.39, 0.29) is 33.5 Å². The molecular weight excluding hydrogens is 500 g/mol. The Morgan fingerprint density at radius 3 is 2.34 bits per heavy atom. The van der Waals surface area contributed by atoms with E-state index >= 15 is 0 Å². The lowest BCUT2D eigenvalue weighted by molar-refractivity contribution is -0.196. The number of carbonyl (C=O) groups excluding carboxylic acids is 2. The Hall–Kier alpha value is -0.640. The molecular formula is C31H47BrO3. The van der Waals surface area contributed by atoms with E-state index in [0.29, 0.717) is 29.5 Å². The van der Waals surface area contributed by atoms with Crippen molar-refractivity contribution in [2.75, 3.05) is 7.11 Å². The van der Waals surface area contributed by atoms with Crippen LogP contribution in [0, 0.1) is 56.7 Å². The number of ketones is 1. The Morgan fingerprint density at radius 1 is 1.00 bits per heavy atom. The van der Waals surface area contributed by atoms with Crippen molar-refractivity contribution in [2.45, 2.75) is 105 Å². The zero-order chi connectivity index (χ0) is 25.8. The maximum Gasteiger partial charge on any atom is 0.312 e. The SMILES string of the molecule is COC(=O)C1(C)C2CC[C@]3(C)[C@H](CC=C4[C@@H]5[C@@H](C)[C@H](C)CC[C@]5(C)CC[C@]43C)[C@@]2(C)C(=O)C[C@@H]1Br. The first-order chi connectivity index (χ1) is 16.2. The highest BCUT2D eigenvalue weighted by molar-refractivity contribution is 9.09. The fraction of sp³-hybridized carbons (Fsp3) is 0.871. The molecule has 0 N–H and O–H groups in total. The van der Waals surface area contributed by atoms with Crippen LogP contribution in [-0.2, 0) is 14.3 Å². The standard InChI is InChI=1S/C31H47BrO3/c1-18-11-13-27(3)15-16-28(4)20(25(27)19(18)2)9-10-21-29(28,5)14-12-22-30(21,6)24(33)17-23(32)31(22,7)26(34)35-8/h9,18-19,21-23,25H,10-17H2,1-8H3/t18-,19+,21+,22?,23+,25+,27-,28-,29-,30-,31?/m1/s1. The smallest absolute Gasteiger partial charge is 0.312 e. The van der Waals surface area contributed by atoms with Crippen molar-refractivity contribution in [2.24, 2.45) is 56.7 Å². The summed E-state index contributed by atoms with van der Waals surface area (Å²) < 4.78 is 5.36. The third-order valence-electron chi connectivity index (χ3n) is 13.5. The van der Waals surface area contributed by atoms with Crippen molar-refractivity contribution in [1.29, 1.82) is 0 Å². The molecule has 196 valence electrons. The molecule has 4 saturated carbocycles. The number of allylic oxidation sites excluding steroid dienone is 2. The number of ether oxygens (including phenoxy) is 1. The number of hydrogen-bond acceptors (Lipinski definition) is 3. The molecule has 0 aromatic carbocycles. The maximum absolute atomic E-state index is 14.0. The van der Waals surface area contributed by atoms with Gasteiger partial charge >= 0.3 is 5.97 Å². The van der Waals surface area contributed by atoms with E-state index in [1.165, 1.54) is 32.8 Å². The van der Waals surface area contributed by atoms with E-state index in [2.05, 4.69) is 70.5 Å². The number of methoxy groups -OCH3 is 1. The van der Waals surface area contributed by atoms with Crippen molar-refractivity contribution < 1.29 is 14.3 Å². The zero-order valence-corrected chi connectivity index (χ0v) is 24.9. The van der Waals surface area contributed by atoms with Gasteiger partial charge in [0.2, 0.25) is 0 Å². The van der Waals surface area contributed by atoms with E-state index in [9.17, 15) is 9.59 Å². The van der Waals surface area contributed by atoms with Gasteiger partial charge in [0, 0.05) is 16.7 Å². The second-order valence-corrected chi connectivity index (χ2v) is 15.6. The van der Waals surface area contributed by atoms with Crippen molar-refractivity contribution in [3.63, 3.8) is 0 Å². The van der Waals surface area contributed by atoms with Gasteiger partial charge in [0.05, 0.1) is 12.5 Å². The van der Waals surface area contributed by atoms with Crippen LogP contribution < -0.4 is 0 Å². The molecule has 35 heavy (non-hydrogen) atoms. The van der Waals surface area contributed by atoms with Crippen LogP contribution in [0.3, 0.4) is 0 Å². The van der Waals surface area contributed by atoms with Gasteiger partial charge in [-0.2, -0.15) is 0 Å². The summed E-state index contributed by atoms with van der Waals surface area (Å²) in [6.45, 7) is 16.9. The normalized spacial score (nSPS) is 55.6. The Kier molecular flexibility index (Phi) is 5.89. The molecule has 0 bridgehead atoms. The molecule has 4 heteroatoms. The maximum atomic E-state index is 14.0. The molecule has 5 aliphatic rings.